The summed E-state index contributed by atoms with van der Waals surface area (Å²) in [7, 11) is -1.66. The summed E-state index contributed by atoms with van der Waals surface area (Å²) in [6, 6.07) is 12.5. The molecule has 0 aliphatic heterocycles. The predicted octanol–water partition coefficient (Wildman–Crippen LogP) is 5.29. The van der Waals surface area contributed by atoms with Crippen LogP contribution in [-0.4, -0.2) is 58.5 Å². The molecule has 9 nitrogen and oxygen atoms in total. The average molecular weight is 641 g/mol. The number of halogens is 3. The topological polar surface area (TPSA) is 105 Å². The van der Waals surface area contributed by atoms with Crippen LogP contribution in [0.5, 0.6) is 11.5 Å². The molecule has 3 aromatic rings. The van der Waals surface area contributed by atoms with Crippen molar-refractivity contribution in [2.75, 3.05) is 31.6 Å². The van der Waals surface area contributed by atoms with Gasteiger partial charge in [-0.25, -0.2) is 12.8 Å². The number of methoxy groups -OCH3 is 2. The van der Waals surface area contributed by atoms with E-state index in [9.17, 15) is 22.4 Å². The van der Waals surface area contributed by atoms with Gasteiger partial charge >= 0.3 is 0 Å². The molecule has 0 saturated heterocycles. The van der Waals surface area contributed by atoms with Crippen LogP contribution in [0.25, 0.3) is 0 Å². The molecule has 0 bridgehead atoms. The Balaban J connectivity index is 2.13. The first-order valence-corrected chi connectivity index (χ1v) is 15.2. The molecule has 0 aromatic heterocycles. The molecule has 0 radical (unpaired) electrons. The Morgan fingerprint density at radius 2 is 1.57 bits per heavy atom. The zero-order valence-corrected chi connectivity index (χ0v) is 25.9. The molecule has 1 atom stereocenters. The highest BCUT2D eigenvalue weighted by Gasteiger charge is 2.34. The number of ether oxygens (including phenoxy) is 2. The molecule has 226 valence electrons. The molecule has 2 amide bonds. The van der Waals surface area contributed by atoms with E-state index >= 15 is 0 Å². The summed E-state index contributed by atoms with van der Waals surface area (Å²) in [5.74, 6) is -1.27. The van der Waals surface area contributed by atoms with Gasteiger partial charge in [-0.2, -0.15) is 0 Å². The van der Waals surface area contributed by atoms with Gasteiger partial charge < -0.3 is 19.7 Å². The molecular formula is C29H32Cl2FN3O6S. The number of nitrogens with zero attached hydrogens (tertiary/aromatic N) is 2. The van der Waals surface area contributed by atoms with Gasteiger partial charge in [0.15, 0.2) is 11.5 Å². The first-order chi connectivity index (χ1) is 20.0. The number of carbonyl (C=O) groups excluding carboxylic acids is 2. The second-order valence-electron chi connectivity index (χ2n) is 9.05. The molecule has 0 spiro atoms. The third-order valence-electron chi connectivity index (χ3n) is 6.46. The van der Waals surface area contributed by atoms with E-state index in [-0.39, 0.29) is 39.3 Å². The van der Waals surface area contributed by atoms with Crippen LogP contribution in [0.4, 0.5) is 10.1 Å². The van der Waals surface area contributed by atoms with Crippen LogP contribution in [-0.2, 0) is 26.2 Å². The Labute approximate surface area is 255 Å². The lowest BCUT2D eigenvalue weighted by Gasteiger charge is -2.33. The summed E-state index contributed by atoms with van der Waals surface area (Å²) >= 11 is 12.8. The van der Waals surface area contributed by atoms with E-state index in [1.54, 1.807) is 32.0 Å². The van der Waals surface area contributed by atoms with Crippen molar-refractivity contribution in [2.24, 2.45) is 0 Å². The van der Waals surface area contributed by atoms with Crippen LogP contribution in [0.3, 0.4) is 0 Å². The van der Waals surface area contributed by atoms with Gasteiger partial charge in [0.05, 0.1) is 24.8 Å². The number of sulfonamides is 1. The fourth-order valence-corrected chi connectivity index (χ4v) is 6.25. The smallest absolute Gasteiger partial charge is 0.264 e. The highest BCUT2D eigenvalue weighted by Crippen LogP contribution is 2.33. The zero-order chi connectivity index (χ0) is 31.0. The Hall–Kier alpha value is -3.54. The molecule has 3 aromatic carbocycles. The van der Waals surface area contributed by atoms with Gasteiger partial charge in [-0.3, -0.25) is 13.9 Å². The van der Waals surface area contributed by atoms with E-state index in [2.05, 4.69) is 5.32 Å². The fourth-order valence-electron chi connectivity index (χ4n) is 4.31. The monoisotopic (exact) mass is 639 g/mol. The molecule has 1 N–H and O–H groups in total. The number of anilines is 1. The Kier molecular flexibility index (Phi) is 11.4. The molecule has 0 heterocycles. The lowest BCUT2D eigenvalue weighted by atomic mass is 10.1. The number of benzene rings is 3. The van der Waals surface area contributed by atoms with Crippen LogP contribution in [0.15, 0.2) is 65.6 Å². The Bertz CT molecular complexity index is 1500. The largest absolute Gasteiger partial charge is 0.493 e. The molecule has 1 unspecified atom stereocenters. The maximum Gasteiger partial charge on any atom is 0.264 e. The zero-order valence-electron chi connectivity index (χ0n) is 23.6. The second kappa shape index (κ2) is 14.6. The molecular weight excluding hydrogens is 608 g/mol. The van der Waals surface area contributed by atoms with Crippen molar-refractivity contribution in [3.05, 3.63) is 82.1 Å². The third-order valence-corrected chi connectivity index (χ3v) is 8.94. The van der Waals surface area contributed by atoms with Crippen molar-refractivity contribution in [3.63, 3.8) is 0 Å². The summed E-state index contributed by atoms with van der Waals surface area (Å²) in [6.45, 7) is 2.90. The minimum Gasteiger partial charge on any atom is -0.493 e. The van der Waals surface area contributed by atoms with E-state index < -0.39 is 40.2 Å². The Morgan fingerprint density at radius 1 is 0.952 bits per heavy atom. The molecule has 0 aliphatic carbocycles. The number of amides is 2. The van der Waals surface area contributed by atoms with Gasteiger partial charge in [-0.1, -0.05) is 36.2 Å². The average Bonchev–Trinajstić information content (AvgIpc) is 2.97. The summed E-state index contributed by atoms with van der Waals surface area (Å²) in [4.78, 5) is 28.2. The fraction of sp³-hybridized carbons (Fsp3) is 0.310. The second-order valence-corrected chi connectivity index (χ2v) is 11.7. The van der Waals surface area contributed by atoms with E-state index in [0.29, 0.717) is 17.9 Å². The third kappa shape index (κ3) is 7.45. The van der Waals surface area contributed by atoms with E-state index in [1.807, 2.05) is 0 Å². The normalized spacial score (nSPS) is 11.9. The van der Waals surface area contributed by atoms with Crippen LogP contribution >= 0.6 is 23.2 Å². The van der Waals surface area contributed by atoms with Gasteiger partial charge in [0.2, 0.25) is 11.8 Å². The number of carbonyl (C=O) groups is 2. The van der Waals surface area contributed by atoms with Crippen molar-refractivity contribution in [1.29, 1.82) is 0 Å². The van der Waals surface area contributed by atoms with Gasteiger partial charge in [-0.15, -0.1) is 0 Å². The summed E-state index contributed by atoms with van der Waals surface area (Å²) in [5, 5.41) is 3.27. The van der Waals surface area contributed by atoms with Crippen molar-refractivity contribution >= 4 is 50.7 Å². The maximum absolute atomic E-state index is 14.1. The van der Waals surface area contributed by atoms with Crippen LogP contribution in [0.2, 0.25) is 10.0 Å². The Morgan fingerprint density at radius 3 is 2.12 bits per heavy atom. The first-order valence-electron chi connectivity index (χ1n) is 13.0. The van der Waals surface area contributed by atoms with Gasteiger partial charge in [0.25, 0.3) is 10.0 Å². The summed E-state index contributed by atoms with van der Waals surface area (Å²) in [5.41, 5.74) is 0.425. The van der Waals surface area contributed by atoms with Gasteiger partial charge in [0.1, 0.15) is 18.4 Å². The summed E-state index contributed by atoms with van der Waals surface area (Å²) in [6.07, 6.45) is 0.221. The standard InChI is InChI=1S/C29H32Cl2FN3O6S/c1-5-25(29(37)33-6-2)34(17-22-23(30)8-7-9-24(22)31)28(36)18-35(20-12-10-19(32)11-13-20)42(38,39)21-14-15-26(40-3)27(16-21)41-4/h7-16,25H,5-6,17-18H2,1-4H3,(H,33,37). The number of likely N-dealkylation sites (N-methyl/N-ethyl adjacent to an activating group) is 1. The minimum atomic E-state index is -4.43. The molecule has 0 fully saturated rings. The predicted molar refractivity (Wildman–Crippen MR) is 160 cm³/mol. The van der Waals surface area contributed by atoms with Crippen molar-refractivity contribution in [3.8, 4) is 11.5 Å². The van der Waals surface area contributed by atoms with Crippen LogP contribution < -0.4 is 19.1 Å². The number of hydrogen-bond acceptors (Lipinski definition) is 6. The minimum absolute atomic E-state index is 0.0290. The highest BCUT2D eigenvalue weighted by atomic mass is 35.5. The van der Waals surface area contributed by atoms with E-state index in [4.69, 9.17) is 32.7 Å². The van der Waals surface area contributed by atoms with Gasteiger partial charge in [0, 0.05) is 34.8 Å². The SMILES string of the molecule is CCNC(=O)C(CC)N(Cc1c(Cl)cccc1Cl)C(=O)CN(c1ccc(F)cc1)S(=O)(=O)c1ccc(OC)c(OC)c1. The molecule has 13 heteroatoms. The van der Waals surface area contributed by atoms with E-state index in [0.717, 1.165) is 16.4 Å². The van der Waals surface area contributed by atoms with Crippen molar-refractivity contribution < 1.29 is 31.9 Å². The molecule has 0 saturated carbocycles. The number of hydrogen-bond donors (Lipinski definition) is 1. The van der Waals surface area contributed by atoms with E-state index in [1.165, 1.54) is 49.5 Å². The van der Waals surface area contributed by atoms with Gasteiger partial charge in [-0.05, 0) is 61.9 Å². The lowest BCUT2D eigenvalue weighted by molar-refractivity contribution is -0.140. The molecule has 0 aliphatic rings. The highest BCUT2D eigenvalue weighted by molar-refractivity contribution is 7.92. The maximum atomic E-state index is 14.1. The van der Waals surface area contributed by atoms with Crippen molar-refractivity contribution in [1.82, 2.24) is 10.2 Å². The van der Waals surface area contributed by atoms with Crippen molar-refractivity contribution in [2.45, 2.75) is 37.8 Å². The number of rotatable bonds is 13. The number of nitrogens with one attached hydrogen (secondary N) is 1. The summed E-state index contributed by atoms with van der Waals surface area (Å²) < 4.78 is 53.2. The van der Waals surface area contributed by atoms with Crippen LogP contribution in [0, 0.1) is 5.82 Å². The van der Waals surface area contributed by atoms with Crippen LogP contribution in [0.1, 0.15) is 25.8 Å². The molecule has 3 rings (SSSR count). The molecule has 42 heavy (non-hydrogen) atoms. The first kappa shape index (κ1) is 33.0. The lowest BCUT2D eigenvalue weighted by Crippen LogP contribution is -2.52. The quantitative estimate of drug-likeness (QED) is 0.273.